The smallest absolute Gasteiger partial charge is 0.274 e. The van der Waals surface area contributed by atoms with Crippen LogP contribution in [0.1, 0.15) is 26.3 Å². The Labute approximate surface area is 138 Å². The van der Waals surface area contributed by atoms with Crippen molar-refractivity contribution in [2.75, 3.05) is 5.32 Å². The zero-order chi connectivity index (χ0) is 17.1. The molecule has 2 amide bonds. The van der Waals surface area contributed by atoms with E-state index in [9.17, 15) is 9.59 Å². The molecular formula is C19H16N2O3. The summed E-state index contributed by atoms with van der Waals surface area (Å²) in [5, 5.41) is 13.2. The highest BCUT2D eigenvalue weighted by atomic mass is 16.5. The van der Waals surface area contributed by atoms with Crippen molar-refractivity contribution >= 4 is 28.3 Å². The lowest BCUT2D eigenvalue weighted by atomic mass is 10.0. The SMILES string of the molecule is Cc1cccc(NC(=O)c2ccc3ccc(C(=O)NO)cc3c2)c1. The molecule has 0 atom stereocenters. The van der Waals surface area contributed by atoms with Crippen molar-refractivity contribution in [2.24, 2.45) is 0 Å². The lowest BCUT2D eigenvalue weighted by molar-refractivity contribution is 0.0706. The second-order valence-electron chi connectivity index (χ2n) is 5.54. The molecule has 5 nitrogen and oxygen atoms in total. The fraction of sp³-hybridized carbons (Fsp3) is 0.0526. The molecule has 0 aromatic heterocycles. The van der Waals surface area contributed by atoms with E-state index in [0.29, 0.717) is 11.1 Å². The first kappa shape index (κ1) is 15.7. The van der Waals surface area contributed by atoms with Crippen molar-refractivity contribution in [2.45, 2.75) is 6.92 Å². The Bertz CT molecular complexity index is 935. The van der Waals surface area contributed by atoms with Crippen molar-refractivity contribution in [1.82, 2.24) is 5.48 Å². The largest absolute Gasteiger partial charge is 0.322 e. The van der Waals surface area contributed by atoms with Crippen molar-refractivity contribution in [1.29, 1.82) is 0 Å². The van der Waals surface area contributed by atoms with E-state index in [4.69, 9.17) is 5.21 Å². The van der Waals surface area contributed by atoms with Crippen LogP contribution in [0.4, 0.5) is 5.69 Å². The molecule has 0 fully saturated rings. The summed E-state index contributed by atoms with van der Waals surface area (Å²) in [5.41, 5.74) is 4.21. The molecule has 0 unspecified atom stereocenters. The first-order valence-electron chi connectivity index (χ1n) is 7.43. The number of carbonyl (C=O) groups excluding carboxylic acids is 2. The maximum Gasteiger partial charge on any atom is 0.274 e. The van der Waals surface area contributed by atoms with Gasteiger partial charge < -0.3 is 5.32 Å². The van der Waals surface area contributed by atoms with E-state index in [1.807, 2.05) is 37.3 Å². The van der Waals surface area contributed by atoms with Crippen molar-refractivity contribution in [3.05, 3.63) is 77.4 Å². The van der Waals surface area contributed by atoms with E-state index in [1.165, 1.54) is 0 Å². The van der Waals surface area contributed by atoms with Gasteiger partial charge in [-0.25, -0.2) is 5.48 Å². The molecule has 0 aliphatic heterocycles. The summed E-state index contributed by atoms with van der Waals surface area (Å²) < 4.78 is 0. The van der Waals surface area contributed by atoms with Crippen LogP contribution in [0.25, 0.3) is 10.8 Å². The third-order valence-corrected chi connectivity index (χ3v) is 3.74. The Morgan fingerprint density at radius 1 is 0.833 bits per heavy atom. The van der Waals surface area contributed by atoms with E-state index in [0.717, 1.165) is 22.0 Å². The van der Waals surface area contributed by atoms with Crippen LogP contribution >= 0.6 is 0 Å². The van der Waals surface area contributed by atoms with Gasteiger partial charge in [0.2, 0.25) is 0 Å². The van der Waals surface area contributed by atoms with E-state index in [-0.39, 0.29) is 5.91 Å². The molecule has 24 heavy (non-hydrogen) atoms. The molecule has 120 valence electrons. The summed E-state index contributed by atoms with van der Waals surface area (Å²) in [7, 11) is 0. The van der Waals surface area contributed by atoms with Gasteiger partial charge in [-0.1, -0.05) is 24.3 Å². The summed E-state index contributed by atoms with van der Waals surface area (Å²) in [6, 6.07) is 17.8. The van der Waals surface area contributed by atoms with Crippen LogP contribution in [0.3, 0.4) is 0 Å². The van der Waals surface area contributed by atoms with Crippen LogP contribution in [-0.4, -0.2) is 17.0 Å². The molecule has 0 heterocycles. The highest BCUT2D eigenvalue weighted by molar-refractivity contribution is 6.07. The fourth-order valence-electron chi connectivity index (χ4n) is 2.52. The van der Waals surface area contributed by atoms with Crippen molar-refractivity contribution in [3.8, 4) is 0 Å². The van der Waals surface area contributed by atoms with Gasteiger partial charge in [0.05, 0.1) is 0 Å². The van der Waals surface area contributed by atoms with Crippen molar-refractivity contribution in [3.63, 3.8) is 0 Å². The highest BCUT2D eigenvalue weighted by Crippen LogP contribution is 2.19. The van der Waals surface area contributed by atoms with Gasteiger partial charge in [0, 0.05) is 16.8 Å². The number of hydroxylamine groups is 1. The van der Waals surface area contributed by atoms with Crippen LogP contribution in [0.2, 0.25) is 0 Å². The van der Waals surface area contributed by atoms with E-state index >= 15 is 0 Å². The van der Waals surface area contributed by atoms with Crippen LogP contribution in [0, 0.1) is 6.92 Å². The average Bonchev–Trinajstić information content (AvgIpc) is 2.60. The van der Waals surface area contributed by atoms with Crippen LogP contribution in [-0.2, 0) is 0 Å². The lowest BCUT2D eigenvalue weighted by Gasteiger charge is -2.08. The number of anilines is 1. The minimum Gasteiger partial charge on any atom is -0.322 e. The summed E-state index contributed by atoms with van der Waals surface area (Å²) in [4.78, 5) is 23.9. The van der Waals surface area contributed by atoms with Gasteiger partial charge in [0.1, 0.15) is 0 Å². The van der Waals surface area contributed by atoms with E-state index in [2.05, 4.69) is 5.32 Å². The second-order valence-corrected chi connectivity index (χ2v) is 5.54. The fourth-order valence-corrected chi connectivity index (χ4v) is 2.52. The topological polar surface area (TPSA) is 78.4 Å². The van der Waals surface area contributed by atoms with E-state index < -0.39 is 5.91 Å². The summed E-state index contributed by atoms with van der Waals surface area (Å²) >= 11 is 0. The summed E-state index contributed by atoms with van der Waals surface area (Å²) in [6.45, 7) is 1.96. The third-order valence-electron chi connectivity index (χ3n) is 3.74. The number of nitrogens with one attached hydrogen (secondary N) is 2. The molecule has 3 N–H and O–H groups in total. The third kappa shape index (κ3) is 3.26. The van der Waals surface area contributed by atoms with Crippen LogP contribution < -0.4 is 10.8 Å². The molecule has 0 saturated heterocycles. The summed E-state index contributed by atoms with van der Waals surface area (Å²) in [6.07, 6.45) is 0. The Kier molecular flexibility index (Phi) is 4.26. The molecule has 0 spiro atoms. The Morgan fingerprint density at radius 3 is 2.12 bits per heavy atom. The van der Waals surface area contributed by atoms with Gasteiger partial charge in [-0.15, -0.1) is 0 Å². The minimum absolute atomic E-state index is 0.223. The average molecular weight is 320 g/mol. The highest BCUT2D eigenvalue weighted by Gasteiger charge is 2.09. The van der Waals surface area contributed by atoms with Gasteiger partial charge >= 0.3 is 0 Å². The monoisotopic (exact) mass is 320 g/mol. The molecule has 0 aliphatic carbocycles. The predicted octanol–water partition coefficient (Wildman–Crippen LogP) is 3.52. The number of fused-ring (bicyclic) bond motifs is 1. The first-order valence-corrected chi connectivity index (χ1v) is 7.43. The van der Waals surface area contributed by atoms with Gasteiger partial charge in [-0.05, 0) is 59.7 Å². The predicted molar refractivity (Wildman–Crippen MR) is 92.3 cm³/mol. The van der Waals surface area contributed by atoms with Gasteiger partial charge in [0.25, 0.3) is 11.8 Å². The number of aryl methyl sites for hydroxylation is 1. The molecule has 5 heteroatoms. The van der Waals surface area contributed by atoms with Gasteiger partial charge in [0.15, 0.2) is 0 Å². The number of benzene rings is 3. The number of rotatable bonds is 3. The minimum atomic E-state index is -0.591. The normalized spacial score (nSPS) is 10.4. The Balaban J connectivity index is 1.91. The standard InChI is InChI=1S/C19H16N2O3/c1-12-3-2-4-17(9-12)20-18(22)14-7-5-13-6-8-15(19(23)21-24)11-16(13)10-14/h2-11,24H,1H3,(H,20,22)(H,21,23). The maximum absolute atomic E-state index is 12.4. The second kappa shape index (κ2) is 6.52. The van der Waals surface area contributed by atoms with E-state index in [1.54, 1.807) is 35.8 Å². The number of hydrogen-bond donors (Lipinski definition) is 3. The summed E-state index contributed by atoms with van der Waals surface area (Å²) in [5.74, 6) is -0.814. The lowest BCUT2D eigenvalue weighted by Crippen LogP contribution is -2.18. The molecule has 3 aromatic carbocycles. The zero-order valence-electron chi connectivity index (χ0n) is 13.0. The van der Waals surface area contributed by atoms with Crippen LogP contribution in [0.15, 0.2) is 60.7 Å². The number of amides is 2. The Morgan fingerprint density at radius 2 is 1.50 bits per heavy atom. The quantitative estimate of drug-likeness (QED) is 0.510. The molecule has 3 aromatic rings. The maximum atomic E-state index is 12.4. The van der Waals surface area contributed by atoms with Crippen LogP contribution in [0.5, 0.6) is 0 Å². The van der Waals surface area contributed by atoms with Gasteiger partial charge in [-0.3, -0.25) is 14.8 Å². The first-order chi connectivity index (χ1) is 11.6. The molecule has 0 aliphatic rings. The Hall–Kier alpha value is -3.18. The molecule has 0 bridgehead atoms. The molecule has 0 saturated carbocycles. The number of hydrogen-bond acceptors (Lipinski definition) is 3. The molecular weight excluding hydrogens is 304 g/mol. The molecule has 0 radical (unpaired) electrons. The number of carbonyl (C=O) groups is 2. The van der Waals surface area contributed by atoms with Gasteiger partial charge in [-0.2, -0.15) is 0 Å². The zero-order valence-corrected chi connectivity index (χ0v) is 13.0. The molecule has 3 rings (SSSR count). The van der Waals surface area contributed by atoms with Crippen molar-refractivity contribution < 1.29 is 14.8 Å².